The maximum absolute atomic E-state index is 9.26. The third kappa shape index (κ3) is 3.19. The summed E-state index contributed by atoms with van der Waals surface area (Å²) in [7, 11) is 2.19. The van der Waals surface area contributed by atoms with E-state index in [2.05, 4.69) is 39.6 Å². The number of hydrogen-bond acceptors (Lipinski definition) is 3. The fourth-order valence-electron chi connectivity index (χ4n) is 2.67. The highest BCUT2D eigenvalue weighted by Gasteiger charge is 2.43. The van der Waals surface area contributed by atoms with Gasteiger partial charge in [-0.05, 0) is 54.5 Å². The van der Waals surface area contributed by atoms with Gasteiger partial charge in [0.25, 0.3) is 0 Å². The number of nitrogens with zero attached hydrogens (tertiary/aromatic N) is 1. The van der Waals surface area contributed by atoms with Gasteiger partial charge in [-0.25, -0.2) is 0 Å². The van der Waals surface area contributed by atoms with E-state index in [1.54, 1.807) is 6.92 Å². The number of piperidine rings is 1. The summed E-state index contributed by atoms with van der Waals surface area (Å²) in [6.07, 6.45) is 1.95. The van der Waals surface area contributed by atoms with Gasteiger partial charge >= 0.3 is 0 Å². The summed E-state index contributed by atoms with van der Waals surface area (Å²) in [5.41, 5.74) is 0.316. The monoisotopic (exact) mass is 229 g/mol. The first-order valence-corrected chi connectivity index (χ1v) is 6.19. The van der Waals surface area contributed by atoms with E-state index in [-0.39, 0.29) is 23.3 Å². The molecule has 1 saturated heterocycles. The van der Waals surface area contributed by atoms with Crippen LogP contribution in [-0.2, 0) is 4.74 Å². The Morgan fingerprint density at radius 3 is 2.06 bits per heavy atom. The van der Waals surface area contributed by atoms with E-state index in [9.17, 15) is 5.11 Å². The van der Waals surface area contributed by atoms with Crippen molar-refractivity contribution in [3.8, 4) is 0 Å². The Labute approximate surface area is 99.8 Å². The molecule has 1 rings (SSSR count). The maximum atomic E-state index is 9.26. The highest BCUT2D eigenvalue weighted by atomic mass is 16.5. The second kappa shape index (κ2) is 4.63. The van der Waals surface area contributed by atoms with Crippen LogP contribution in [0.15, 0.2) is 0 Å². The molecule has 1 N–H and O–H groups in total. The van der Waals surface area contributed by atoms with Crippen molar-refractivity contribution < 1.29 is 9.84 Å². The molecular weight excluding hydrogens is 202 g/mol. The Morgan fingerprint density at radius 1 is 1.25 bits per heavy atom. The van der Waals surface area contributed by atoms with Gasteiger partial charge in [-0.3, -0.25) is 4.90 Å². The molecule has 16 heavy (non-hydrogen) atoms. The molecule has 1 aliphatic rings. The summed E-state index contributed by atoms with van der Waals surface area (Å²) >= 11 is 0. The largest absolute Gasteiger partial charge is 0.391 e. The summed E-state index contributed by atoms with van der Waals surface area (Å²) < 4.78 is 5.79. The second-order valence-corrected chi connectivity index (χ2v) is 6.40. The number of aliphatic hydroxyl groups excluding tert-OH is 1. The Balaban J connectivity index is 2.64. The lowest BCUT2D eigenvalue weighted by molar-refractivity contribution is -0.104. The van der Waals surface area contributed by atoms with Crippen LogP contribution in [0, 0.1) is 0 Å². The normalized spacial score (nSPS) is 27.9. The molecule has 0 bridgehead atoms. The number of ether oxygens (including phenoxy) is 1. The molecule has 0 aromatic heterocycles. The van der Waals surface area contributed by atoms with Gasteiger partial charge in [0.2, 0.25) is 0 Å². The smallest absolute Gasteiger partial charge is 0.0745 e. The lowest BCUT2D eigenvalue weighted by Gasteiger charge is -2.53. The number of rotatable bonds is 3. The first kappa shape index (κ1) is 13.9. The van der Waals surface area contributed by atoms with Crippen LogP contribution in [0.1, 0.15) is 47.5 Å². The van der Waals surface area contributed by atoms with Crippen LogP contribution in [0.2, 0.25) is 0 Å². The van der Waals surface area contributed by atoms with Crippen molar-refractivity contribution in [2.24, 2.45) is 0 Å². The van der Waals surface area contributed by atoms with Crippen LogP contribution < -0.4 is 0 Å². The fraction of sp³-hybridized carbons (Fsp3) is 1.00. The maximum Gasteiger partial charge on any atom is 0.0745 e. The predicted molar refractivity (Wildman–Crippen MR) is 66.6 cm³/mol. The predicted octanol–water partition coefficient (Wildman–Crippen LogP) is 2.04. The fourth-order valence-corrected chi connectivity index (χ4v) is 2.67. The Bertz CT molecular complexity index is 218. The summed E-state index contributed by atoms with van der Waals surface area (Å²) in [4.78, 5) is 2.43. The zero-order chi connectivity index (χ0) is 12.6. The third-order valence-corrected chi connectivity index (χ3v) is 3.84. The quantitative estimate of drug-likeness (QED) is 0.804. The van der Waals surface area contributed by atoms with Crippen molar-refractivity contribution in [2.75, 3.05) is 13.7 Å². The highest BCUT2D eigenvalue weighted by Crippen LogP contribution is 2.37. The standard InChI is InChI=1S/C13H27NO2/c1-10(15)9-16-11-7-12(2,3)14(6)13(4,5)8-11/h10-11,15H,7-9H2,1-6H3. The first-order valence-electron chi connectivity index (χ1n) is 6.19. The molecule has 3 heteroatoms. The zero-order valence-electron chi connectivity index (χ0n) is 11.6. The lowest BCUT2D eigenvalue weighted by atomic mass is 9.79. The molecule has 0 aliphatic carbocycles. The molecule has 1 aliphatic heterocycles. The molecule has 1 atom stereocenters. The topological polar surface area (TPSA) is 32.7 Å². The molecule has 0 saturated carbocycles. The molecule has 96 valence electrons. The van der Waals surface area contributed by atoms with Gasteiger partial charge in [0.15, 0.2) is 0 Å². The van der Waals surface area contributed by atoms with Crippen LogP contribution in [0.3, 0.4) is 0 Å². The van der Waals surface area contributed by atoms with Gasteiger partial charge in [0.05, 0.1) is 18.8 Å². The minimum Gasteiger partial charge on any atom is -0.391 e. The molecule has 0 radical (unpaired) electrons. The van der Waals surface area contributed by atoms with Crippen molar-refractivity contribution in [3.63, 3.8) is 0 Å². The molecular formula is C13H27NO2. The van der Waals surface area contributed by atoms with E-state index in [4.69, 9.17) is 4.74 Å². The van der Waals surface area contributed by atoms with Crippen molar-refractivity contribution in [1.29, 1.82) is 0 Å². The molecule has 1 unspecified atom stereocenters. The van der Waals surface area contributed by atoms with E-state index in [1.807, 2.05) is 0 Å². The van der Waals surface area contributed by atoms with Gasteiger partial charge in [0.1, 0.15) is 0 Å². The lowest BCUT2D eigenvalue weighted by Crippen LogP contribution is -2.60. The Kier molecular flexibility index (Phi) is 4.04. The molecule has 0 spiro atoms. The third-order valence-electron chi connectivity index (χ3n) is 3.84. The average molecular weight is 229 g/mol. The van der Waals surface area contributed by atoms with Crippen LogP contribution in [0.5, 0.6) is 0 Å². The van der Waals surface area contributed by atoms with Crippen LogP contribution in [-0.4, -0.2) is 46.9 Å². The van der Waals surface area contributed by atoms with Crippen molar-refractivity contribution in [2.45, 2.75) is 70.7 Å². The van der Waals surface area contributed by atoms with E-state index < -0.39 is 0 Å². The highest BCUT2D eigenvalue weighted by molar-refractivity contribution is 4.98. The van der Waals surface area contributed by atoms with Crippen molar-refractivity contribution in [3.05, 3.63) is 0 Å². The number of hydrogen-bond donors (Lipinski definition) is 1. The molecule has 0 aromatic rings. The molecule has 0 amide bonds. The average Bonchev–Trinajstić information content (AvgIpc) is 2.10. The molecule has 1 heterocycles. The molecule has 0 aromatic carbocycles. The summed E-state index contributed by atoms with van der Waals surface area (Å²) in [5, 5.41) is 9.26. The van der Waals surface area contributed by atoms with Crippen LogP contribution in [0.4, 0.5) is 0 Å². The van der Waals surface area contributed by atoms with E-state index >= 15 is 0 Å². The van der Waals surface area contributed by atoms with Crippen LogP contribution in [0.25, 0.3) is 0 Å². The van der Waals surface area contributed by atoms with Crippen molar-refractivity contribution >= 4 is 0 Å². The van der Waals surface area contributed by atoms with Gasteiger partial charge in [0, 0.05) is 11.1 Å². The molecule has 1 fully saturated rings. The summed E-state index contributed by atoms with van der Waals surface area (Å²) in [6.45, 7) is 11.2. The van der Waals surface area contributed by atoms with Gasteiger partial charge in [-0.1, -0.05) is 0 Å². The summed E-state index contributed by atoms with van der Waals surface area (Å²) in [6, 6.07) is 0. The zero-order valence-corrected chi connectivity index (χ0v) is 11.6. The van der Waals surface area contributed by atoms with Crippen LogP contribution >= 0.6 is 0 Å². The van der Waals surface area contributed by atoms with E-state index in [0.29, 0.717) is 6.61 Å². The SMILES string of the molecule is CC(O)COC1CC(C)(C)N(C)C(C)(C)C1. The number of likely N-dealkylation sites (tertiary alicyclic amines) is 1. The Morgan fingerprint density at radius 2 is 1.69 bits per heavy atom. The first-order chi connectivity index (χ1) is 7.15. The van der Waals surface area contributed by atoms with Gasteiger partial charge in [-0.2, -0.15) is 0 Å². The minimum absolute atomic E-state index is 0.158. The van der Waals surface area contributed by atoms with Gasteiger partial charge in [-0.15, -0.1) is 0 Å². The van der Waals surface area contributed by atoms with Gasteiger partial charge < -0.3 is 9.84 Å². The molecule has 3 nitrogen and oxygen atoms in total. The number of aliphatic hydroxyl groups is 1. The minimum atomic E-state index is -0.370. The van der Waals surface area contributed by atoms with E-state index in [0.717, 1.165) is 12.8 Å². The summed E-state index contributed by atoms with van der Waals surface area (Å²) in [5.74, 6) is 0. The van der Waals surface area contributed by atoms with E-state index in [1.165, 1.54) is 0 Å². The second-order valence-electron chi connectivity index (χ2n) is 6.40. The van der Waals surface area contributed by atoms with Crippen molar-refractivity contribution in [1.82, 2.24) is 4.90 Å². The Hall–Kier alpha value is -0.120.